The zero-order chi connectivity index (χ0) is 10.2. The van der Waals surface area contributed by atoms with Crippen LogP contribution in [0.1, 0.15) is 33.1 Å². The number of allylic oxidation sites excluding steroid dienone is 1. The van der Waals surface area contributed by atoms with Crippen molar-refractivity contribution in [1.29, 1.82) is 0 Å². The molecule has 2 nitrogen and oxygen atoms in total. The summed E-state index contributed by atoms with van der Waals surface area (Å²) in [5.74, 6) is 1.07. The Morgan fingerprint density at radius 2 is 2.14 bits per heavy atom. The van der Waals surface area contributed by atoms with Crippen LogP contribution in [0.4, 0.5) is 0 Å². The molecule has 0 bridgehead atoms. The maximum Gasteiger partial charge on any atom is 0.330 e. The smallest absolute Gasteiger partial charge is 0.330 e. The third-order valence-electron chi connectivity index (χ3n) is 3.21. The van der Waals surface area contributed by atoms with Crippen LogP contribution >= 0.6 is 0 Å². The number of carbonyl (C=O) groups excluding carboxylic acids is 1. The number of hydrogen-bond donors (Lipinski definition) is 0. The lowest BCUT2D eigenvalue weighted by molar-refractivity contribution is -0.138. The van der Waals surface area contributed by atoms with Gasteiger partial charge in [0.1, 0.15) is 0 Å². The van der Waals surface area contributed by atoms with Crippen LogP contribution in [0.2, 0.25) is 0 Å². The van der Waals surface area contributed by atoms with Crippen molar-refractivity contribution in [2.45, 2.75) is 33.1 Å². The zero-order valence-electron chi connectivity index (χ0n) is 8.95. The van der Waals surface area contributed by atoms with Crippen molar-refractivity contribution in [3.05, 3.63) is 12.2 Å². The largest absolute Gasteiger partial charge is 0.462 e. The molecule has 0 aromatic heterocycles. The van der Waals surface area contributed by atoms with Crippen LogP contribution in [-0.4, -0.2) is 12.6 Å². The number of carbonyl (C=O) groups is 1. The summed E-state index contributed by atoms with van der Waals surface area (Å²) in [5, 5.41) is 0. The molecule has 2 rings (SSSR count). The maximum absolute atomic E-state index is 11.2. The molecule has 14 heavy (non-hydrogen) atoms. The lowest BCUT2D eigenvalue weighted by atomic mass is 10.1. The maximum atomic E-state index is 11.2. The number of hydrogen-bond acceptors (Lipinski definition) is 2. The van der Waals surface area contributed by atoms with Gasteiger partial charge in [0.15, 0.2) is 0 Å². The summed E-state index contributed by atoms with van der Waals surface area (Å²) in [7, 11) is 0. The van der Waals surface area contributed by atoms with Crippen LogP contribution in [-0.2, 0) is 9.53 Å². The summed E-state index contributed by atoms with van der Waals surface area (Å²) < 4.78 is 5.09. The van der Waals surface area contributed by atoms with Crippen LogP contribution in [0, 0.1) is 17.3 Å². The second kappa shape index (κ2) is 3.41. The number of rotatable bonds is 4. The molecule has 1 atom stereocenters. The molecular weight excluding hydrogens is 176 g/mol. The Hall–Kier alpha value is -0.790. The fourth-order valence-electron chi connectivity index (χ4n) is 1.56. The standard InChI is InChI=1S/C12H18O2/c1-12(2)7-10(12)5-6-11(13)14-8-9-3-4-9/h5-6,9-10H,3-4,7-8H2,1-2H3. The van der Waals surface area contributed by atoms with Crippen molar-refractivity contribution < 1.29 is 9.53 Å². The third kappa shape index (κ3) is 2.60. The SMILES string of the molecule is CC1(C)CC1C=CC(=O)OCC1CC1. The highest BCUT2D eigenvalue weighted by atomic mass is 16.5. The molecule has 0 aromatic rings. The minimum atomic E-state index is -0.167. The lowest BCUT2D eigenvalue weighted by Gasteiger charge is -1.99. The first-order valence-corrected chi connectivity index (χ1v) is 5.43. The Kier molecular flexibility index (Phi) is 2.38. The van der Waals surface area contributed by atoms with Crippen molar-refractivity contribution in [2.24, 2.45) is 17.3 Å². The molecule has 0 heterocycles. The molecular formula is C12H18O2. The first kappa shape index (κ1) is 9.75. The minimum absolute atomic E-state index is 0.167. The van der Waals surface area contributed by atoms with Gasteiger partial charge in [0.25, 0.3) is 0 Å². The van der Waals surface area contributed by atoms with Gasteiger partial charge in [0.2, 0.25) is 0 Å². The summed E-state index contributed by atoms with van der Waals surface area (Å²) in [4.78, 5) is 11.2. The summed E-state index contributed by atoms with van der Waals surface area (Å²) >= 11 is 0. The molecule has 0 aromatic carbocycles. The van der Waals surface area contributed by atoms with E-state index in [1.54, 1.807) is 6.08 Å². The first-order valence-electron chi connectivity index (χ1n) is 5.43. The molecule has 2 saturated carbocycles. The molecule has 2 aliphatic rings. The zero-order valence-corrected chi connectivity index (χ0v) is 8.95. The van der Waals surface area contributed by atoms with Crippen molar-refractivity contribution in [1.82, 2.24) is 0 Å². The monoisotopic (exact) mass is 194 g/mol. The fraction of sp³-hybridized carbons (Fsp3) is 0.750. The third-order valence-corrected chi connectivity index (χ3v) is 3.21. The molecule has 0 radical (unpaired) electrons. The van der Waals surface area contributed by atoms with E-state index in [0.717, 1.165) is 0 Å². The van der Waals surface area contributed by atoms with Gasteiger partial charge in [-0.1, -0.05) is 19.9 Å². The Morgan fingerprint density at radius 3 is 2.64 bits per heavy atom. The average Bonchev–Trinajstić information content (AvgIpc) is 2.97. The van der Waals surface area contributed by atoms with Gasteiger partial charge in [-0.25, -0.2) is 4.79 Å². The van der Waals surface area contributed by atoms with Gasteiger partial charge in [-0.2, -0.15) is 0 Å². The van der Waals surface area contributed by atoms with Gasteiger partial charge in [-0.15, -0.1) is 0 Å². The normalized spacial score (nSPS) is 29.1. The van der Waals surface area contributed by atoms with E-state index in [9.17, 15) is 4.79 Å². The van der Waals surface area contributed by atoms with Gasteiger partial charge < -0.3 is 4.74 Å². The highest BCUT2D eigenvalue weighted by molar-refractivity contribution is 5.82. The van der Waals surface area contributed by atoms with Crippen LogP contribution < -0.4 is 0 Å². The topological polar surface area (TPSA) is 26.3 Å². The number of esters is 1. The molecule has 0 amide bonds. The van der Waals surface area contributed by atoms with Crippen molar-refractivity contribution in [3.63, 3.8) is 0 Å². The van der Waals surface area contributed by atoms with Crippen LogP contribution in [0.25, 0.3) is 0 Å². The van der Waals surface area contributed by atoms with Crippen LogP contribution in [0.3, 0.4) is 0 Å². The summed E-state index contributed by atoms with van der Waals surface area (Å²) in [5.41, 5.74) is 0.410. The van der Waals surface area contributed by atoms with E-state index in [-0.39, 0.29) is 5.97 Å². The highest BCUT2D eigenvalue weighted by Gasteiger charge is 2.43. The van der Waals surface area contributed by atoms with Gasteiger partial charge in [0.05, 0.1) is 6.61 Å². The quantitative estimate of drug-likeness (QED) is 0.508. The second-order valence-electron chi connectivity index (χ2n) is 5.23. The molecule has 2 aliphatic carbocycles. The van der Waals surface area contributed by atoms with Gasteiger partial charge in [0, 0.05) is 6.08 Å². The van der Waals surface area contributed by atoms with Crippen LogP contribution in [0.15, 0.2) is 12.2 Å². The minimum Gasteiger partial charge on any atom is -0.462 e. The Balaban J connectivity index is 1.66. The van der Waals surface area contributed by atoms with Crippen molar-refractivity contribution in [3.8, 4) is 0 Å². The van der Waals surface area contributed by atoms with Gasteiger partial charge >= 0.3 is 5.97 Å². The molecule has 0 spiro atoms. The molecule has 2 fully saturated rings. The molecule has 78 valence electrons. The molecule has 1 unspecified atom stereocenters. The van der Waals surface area contributed by atoms with E-state index in [1.807, 2.05) is 6.08 Å². The highest BCUT2D eigenvalue weighted by Crippen LogP contribution is 2.52. The predicted octanol–water partition coefficient (Wildman–Crippen LogP) is 2.54. The van der Waals surface area contributed by atoms with E-state index >= 15 is 0 Å². The molecule has 0 N–H and O–H groups in total. The van der Waals surface area contributed by atoms with E-state index in [0.29, 0.717) is 23.9 Å². The van der Waals surface area contributed by atoms with Gasteiger partial charge in [-0.3, -0.25) is 0 Å². The molecule has 0 saturated heterocycles. The summed E-state index contributed by atoms with van der Waals surface area (Å²) in [6.45, 7) is 5.06. The lowest BCUT2D eigenvalue weighted by Crippen LogP contribution is -2.03. The Labute approximate surface area is 85.3 Å². The van der Waals surface area contributed by atoms with Crippen molar-refractivity contribution in [2.75, 3.05) is 6.61 Å². The molecule has 2 heteroatoms. The fourth-order valence-corrected chi connectivity index (χ4v) is 1.56. The van der Waals surface area contributed by atoms with Gasteiger partial charge in [-0.05, 0) is 36.5 Å². The van der Waals surface area contributed by atoms with Crippen LogP contribution in [0.5, 0.6) is 0 Å². The number of ether oxygens (including phenoxy) is 1. The Bertz CT molecular complexity index is 261. The van der Waals surface area contributed by atoms with Crippen molar-refractivity contribution >= 4 is 5.97 Å². The molecule has 0 aliphatic heterocycles. The Morgan fingerprint density at radius 1 is 1.50 bits per heavy atom. The summed E-state index contributed by atoms with van der Waals surface area (Å²) in [6, 6.07) is 0. The summed E-state index contributed by atoms with van der Waals surface area (Å²) in [6.07, 6.45) is 7.25. The first-order chi connectivity index (χ1) is 6.58. The predicted molar refractivity (Wildman–Crippen MR) is 54.7 cm³/mol. The van der Waals surface area contributed by atoms with E-state index in [2.05, 4.69) is 13.8 Å². The van der Waals surface area contributed by atoms with E-state index in [1.165, 1.54) is 19.3 Å². The second-order valence-corrected chi connectivity index (χ2v) is 5.23. The average molecular weight is 194 g/mol. The van der Waals surface area contributed by atoms with E-state index < -0.39 is 0 Å². The van der Waals surface area contributed by atoms with E-state index in [4.69, 9.17) is 4.74 Å².